The number of rotatable bonds is 4. The molecule has 0 aromatic heterocycles. The number of piperazine rings is 1. The lowest BCUT2D eigenvalue weighted by molar-refractivity contribution is 0.0377. The molecule has 0 amide bonds. The van der Waals surface area contributed by atoms with Gasteiger partial charge in [0.1, 0.15) is 0 Å². The van der Waals surface area contributed by atoms with E-state index < -0.39 is 9.84 Å². The van der Waals surface area contributed by atoms with E-state index in [0.717, 1.165) is 32.1 Å². The van der Waals surface area contributed by atoms with Crippen LogP contribution in [0.4, 0.5) is 0 Å². The van der Waals surface area contributed by atoms with Crippen LogP contribution in [0.25, 0.3) is 10.8 Å². The number of sulfone groups is 1. The summed E-state index contributed by atoms with van der Waals surface area (Å²) in [6.07, 6.45) is 2.64. The Morgan fingerprint density at radius 2 is 1.58 bits per heavy atom. The van der Waals surface area contributed by atoms with E-state index in [1.165, 1.54) is 29.2 Å². The van der Waals surface area contributed by atoms with Gasteiger partial charge in [-0.3, -0.25) is 9.80 Å². The highest BCUT2D eigenvalue weighted by Gasteiger charge is 2.47. The van der Waals surface area contributed by atoms with Crippen LogP contribution in [0.1, 0.15) is 18.4 Å². The Hall–Kier alpha value is -1.43. The molecule has 3 aliphatic rings. The minimum absolute atomic E-state index is 0.152. The second-order valence-electron chi connectivity index (χ2n) is 8.30. The minimum atomic E-state index is -2.92. The van der Waals surface area contributed by atoms with E-state index in [4.69, 9.17) is 0 Å². The molecule has 3 fully saturated rings. The van der Waals surface area contributed by atoms with Gasteiger partial charge in [-0.2, -0.15) is 0 Å². The number of fused-ring (bicyclic) bond motifs is 2. The standard InChI is InChI=1S/C21H26N2O2S/c24-26(25)14-20-21(15-26)23(10-9-22(20)12-16-5-6-16)13-17-7-8-18-3-1-2-4-19(18)11-17/h1-4,7-8,11,16,20-21H,5-6,9-10,12-15H2/t20-,21+/m0/s1. The number of hydrogen-bond donors (Lipinski definition) is 0. The van der Waals surface area contributed by atoms with Gasteiger partial charge in [0.15, 0.2) is 9.84 Å². The molecule has 138 valence electrons. The van der Waals surface area contributed by atoms with E-state index >= 15 is 0 Å². The van der Waals surface area contributed by atoms with Crippen molar-refractivity contribution in [2.24, 2.45) is 5.92 Å². The largest absolute Gasteiger partial charge is 0.296 e. The lowest BCUT2D eigenvalue weighted by atomic mass is 10.0. The first-order chi connectivity index (χ1) is 12.6. The molecule has 2 heterocycles. The van der Waals surface area contributed by atoms with Gasteiger partial charge in [-0.05, 0) is 41.2 Å². The quantitative estimate of drug-likeness (QED) is 0.829. The zero-order chi connectivity index (χ0) is 17.7. The number of hydrogen-bond acceptors (Lipinski definition) is 4. The molecule has 4 nitrogen and oxygen atoms in total. The maximum absolute atomic E-state index is 12.4. The second-order valence-corrected chi connectivity index (χ2v) is 10.5. The molecule has 0 bridgehead atoms. The Balaban J connectivity index is 1.38. The Morgan fingerprint density at radius 3 is 2.35 bits per heavy atom. The molecule has 2 aliphatic heterocycles. The molecule has 5 heteroatoms. The van der Waals surface area contributed by atoms with Crippen LogP contribution in [0.3, 0.4) is 0 Å². The molecule has 0 spiro atoms. The Kier molecular flexibility index (Phi) is 4.07. The van der Waals surface area contributed by atoms with Crippen LogP contribution < -0.4 is 0 Å². The Bertz CT molecular complexity index is 923. The molecule has 26 heavy (non-hydrogen) atoms. The summed E-state index contributed by atoms with van der Waals surface area (Å²) in [5, 5.41) is 2.51. The van der Waals surface area contributed by atoms with Gasteiger partial charge in [0, 0.05) is 38.3 Å². The van der Waals surface area contributed by atoms with Crippen LogP contribution in [-0.2, 0) is 16.4 Å². The zero-order valence-corrected chi connectivity index (χ0v) is 15.9. The van der Waals surface area contributed by atoms with Gasteiger partial charge < -0.3 is 0 Å². The molecule has 1 aliphatic carbocycles. The molecular weight excluding hydrogens is 344 g/mol. The highest BCUT2D eigenvalue weighted by Crippen LogP contribution is 2.34. The summed E-state index contributed by atoms with van der Waals surface area (Å²) in [4.78, 5) is 4.90. The van der Waals surface area contributed by atoms with E-state index in [2.05, 4.69) is 52.3 Å². The first-order valence-electron chi connectivity index (χ1n) is 9.74. The van der Waals surface area contributed by atoms with Gasteiger partial charge in [-0.15, -0.1) is 0 Å². The highest BCUT2D eigenvalue weighted by molar-refractivity contribution is 7.91. The molecule has 0 N–H and O–H groups in total. The predicted octanol–water partition coefficient (Wildman–Crippen LogP) is 2.53. The highest BCUT2D eigenvalue weighted by atomic mass is 32.2. The third kappa shape index (κ3) is 3.28. The van der Waals surface area contributed by atoms with Crippen molar-refractivity contribution < 1.29 is 8.42 Å². The summed E-state index contributed by atoms with van der Waals surface area (Å²) < 4.78 is 24.7. The van der Waals surface area contributed by atoms with Crippen molar-refractivity contribution in [3.8, 4) is 0 Å². The van der Waals surface area contributed by atoms with Gasteiger partial charge >= 0.3 is 0 Å². The third-order valence-corrected chi connectivity index (χ3v) is 7.99. The summed E-state index contributed by atoms with van der Waals surface area (Å²) in [7, 11) is -2.92. The molecule has 1 saturated carbocycles. The molecule has 5 rings (SSSR count). The van der Waals surface area contributed by atoms with E-state index in [9.17, 15) is 8.42 Å². The number of benzene rings is 2. The molecule has 0 unspecified atom stereocenters. The lowest BCUT2D eigenvalue weighted by Crippen LogP contribution is -2.59. The van der Waals surface area contributed by atoms with Gasteiger partial charge in [-0.1, -0.05) is 36.4 Å². The summed E-state index contributed by atoms with van der Waals surface area (Å²) in [6, 6.07) is 15.4. The van der Waals surface area contributed by atoms with Crippen LogP contribution >= 0.6 is 0 Å². The SMILES string of the molecule is O=S1(=O)C[C@@H]2[C@H](C1)N(CC1CC1)CCN2Cc1ccc2ccccc2c1. The van der Waals surface area contributed by atoms with Crippen LogP contribution in [0.5, 0.6) is 0 Å². The van der Waals surface area contributed by atoms with Crippen LogP contribution in [0.15, 0.2) is 42.5 Å². The molecule has 2 atom stereocenters. The fourth-order valence-corrected chi connectivity index (χ4v) is 6.77. The minimum Gasteiger partial charge on any atom is -0.296 e. The average molecular weight is 371 g/mol. The summed E-state index contributed by atoms with van der Waals surface area (Å²) >= 11 is 0. The van der Waals surface area contributed by atoms with Gasteiger partial charge in [0.05, 0.1) is 11.5 Å². The van der Waals surface area contributed by atoms with Crippen molar-refractivity contribution in [1.29, 1.82) is 0 Å². The summed E-state index contributed by atoms with van der Waals surface area (Å²) in [6.45, 7) is 3.91. The molecular formula is C21H26N2O2S. The third-order valence-electron chi connectivity index (χ3n) is 6.30. The molecule has 0 radical (unpaired) electrons. The second kappa shape index (κ2) is 6.32. The van der Waals surface area contributed by atoms with Gasteiger partial charge in [0.2, 0.25) is 0 Å². The molecule has 2 aromatic carbocycles. The average Bonchev–Trinajstić information content (AvgIpc) is 3.37. The smallest absolute Gasteiger partial charge is 0.153 e. The first-order valence-corrected chi connectivity index (χ1v) is 11.6. The fourth-order valence-electron chi connectivity index (χ4n) is 4.72. The van der Waals surface area contributed by atoms with Crippen molar-refractivity contribution in [1.82, 2.24) is 9.80 Å². The van der Waals surface area contributed by atoms with Crippen molar-refractivity contribution in [3.05, 3.63) is 48.0 Å². The Labute approximate surface area is 155 Å². The lowest BCUT2D eigenvalue weighted by Gasteiger charge is -2.44. The van der Waals surface area contributed by atoms with Crippen molar-refractivity contribution in [3.63, 3.8) is 0 Å². The normalized spacial score (nSPS) is 29.1. The molecule has 2 saturated heterocycles. The van der Waals surface area contributed by atoms with Crippen LogP contribution in [0, 0.1) is 5.92 Å². The summed E-state index contributed by atoms with van der Waals surface area (Å²) in [5.74, 6) is 1.48. The maximum Gasteiger partial charge on any atom is 0.153 e. The maximum atomic E-state index is 12.4. The fraction of sp³-hybridized carbons (Fsp3) is 0.524. The number of nitrogens with zero attached hydrogens (tertiary/aromatic N) is 2. The summed E-state index contributed by atoms with van der Waals surface area (Å²) in [5.41, 5.74) is 1.28. The van der Waals surface area contributed by atoms with Crippen LogP contribution in [-0.4, -0.2) is 61.4 Å². The molecule has 2 aromatic rings. The van der Waals surface area contributed by atoms with E-state index in [0.29, 0.717) is 11.5 Å². The van der Waals surface area contributed by atoms with Crippen molar-refractivity contribution >= 4 is 20.6 Å². The van der Waals surface area contributed by atoms with Crippen molar-refractivity contribution in [2.45, 2.75) is 31.5 Å². The topological polar surface area (TPSA) is 40.6 Å². The predicted molar refractivity (Wildman–Crippen MR) is 105 cm³/mol. The van der Waals surface area contributed by atoms with Crippen molar-refractivity contribution in [2.75, 3.05) is 31.1 Å². The zero-order valence-electron chi connectivity index (χ0n) is 15.0. The van der Waals surface area contributed by atoms with E-state index in [1.807, 2.05) is 0 Å². The van der Waals surface area contributed by atoms with Crippen LogP contribution in [0.2, 0.25) is 0 Å². The van der Waals surface area contributed by atoms with E-state index in [-0.39, 0.29) is 12.1 Å². The van der Waals surface area contributed by atoms with Gasteiger partial charge in [-0.25, -0.2) is 8.42 Å². The van der Waals surface area contributed by atoms with Gasteiger partial charge in [0.25, 0.3) is 0 Å². The Morgan fingerprint density at radius 1 is 0.885 bits per heavy atom. The first kappa shape index (κ1) is 16.7. The monoisotopic (exact) mass is 370 g/mol. The van der Waals surface area contributed by atoms with E-state index in [1.54, 1.807) is 0 Å².